The quantitative estimate of drug-likeness (QED) is 0.578. The maximum absolute atomic E-state index is 5.79. The summed E-state index contributed by atoms with van der Waals surface area (Å²) in [4.78, 5) is 0. The molecule has 0 atom stereocenters. The van der Waals surface area contributed by atoms with Crippen molar-refractivity contribution in [1.29, 1.82) is 0 Å². The number of hydrogen-bond donors (Lipinski definition) is 1. The maximum atomic E-state index is 5.79. The molecule has 0 aliphatic heterocycles. The molecular weight excluding hydrogens is 338 g/mol. The fraction of sp³-hybridized carbons (Fsp3) is 0.600. The van der Waals surface area contributed by atoms with Crippen LogP contribution in [-0.4, -0.2) is 53.8 Å². The van der Waals surface area contributed by atoms with E-state index in [1.54, 1.807) is 7.11 Å². The van der Waals surface area contributed by atoms with Crippen LogP contribution in [0.2, 0.25) is 0 Å². The Morgan fingerprint density at radius 2 is 1.67 bits per heavy atom. The van der Waals surface area contributed by atoms with E-state index in [2.05, 4.69) is 21.2 Å². The van der Waals surface area contributed by atoms with Crippen molar-refractivity contribution in [3.63, 3.8) is 0 Å². The van der Waals surface area contributed by atoms with Crippen LogP contribution >= 0.6 is 15.9 Å². The van der Waals surface area contributed by atoms with E-state index in [1.807, 2.05) is 25.2 Å². The van der Waals surface area contributed by atoms with Gasteiger partial charge in [0.2, 0.25) is 0 Å². The van der Waals surface area contributed by atoms with E-state index in [0.29, 0.717) is 39.6 Å². The number of halogens is 1. The molecule has 0 radical (unpaired) electrons. The van der Waals surface area contributed by atoms with Crippen LogP contribution in [0.4, 0.5) is 0 Å². The number of para-hydroxylation sites is 1. The summed E-state index contributed by atoms with van der Waals surface area (Å²) in [5, 5.41) is 3.13. The van der Waals surface area contributed by atoms with E-state index in [4.69, 9.17) is 18.9 Å². The third kappa shape index (κ3) is 7.78. The third-order valence-corrected chi connectivity index (χ3v) is 3.32. The van der Waals surface area contributed by atoms with Crippen molar-refractivity contribution in [2.24, 2.45) is 0 Å². The Morgan fingerprint density at radius 1 is 1.00 bits per heavy atom. The van der Waals surface area contributed by atoms with Crippen molar-refractivity contribution in [1.82, 2.24) is 5.32 Å². The van der Waals surface area contributed by atoms with E-state index >= 15 is 0 Å². The number of benzene rings is 1. The van der Waals surface area contributed by atoms with Crippen LogP contribution in [0.25, 0.3) is 0 Å². The Labute approximate surface area is 135 Å². The van der Waals surface area contributed by atoms with Crippen LogP contribution in [0.5, 0.6) is 5.75 Å². The average molecular weight is 362 g/mol. The van der Waals surface area contributed by atoms with Gasteiger partial charge in [0.25, 0.3) is 0 Å². The highest BCUT2D eigenvalue weighted by molar-refractivity contribution is 9.10. The molecule has 120 valence electrons. The fourth-order valence-corrected chi connectivity index (χ4v) is 2.23. The van der Waals surface area contributed by atoms with Gasteiger partial charge in [-0.1, -0.05) is 12.1 Å². The highest BCUT2D eigenvalue weighted by Gasteiger charge is 2.07. The molecular formula is C15H24BrNO4. The van der Waals surface area contributed by atoms with Gasteiger partial charge in [0, 0.05) is 19.2 Å². The minimum atomic E-state index is 0.511. The predicted octanol–water partition coefficient (Wildman–Crippen LogP) is 2.23. The Bertz CT molecular complexity index is 390. The standard InChI is InChI=1S/C15H24BrNO4/c1-17-12-13-4-3-5-14(16)15(13)21-11-10-20-9-8-19-7-6-18-2/h3-5,17H,6-12H2,1-2H3. The van der Waals surface area contributed by atoms with Crippen LogP contribution in [0, 0.1) is 0 Å². The largest absolute Gasteiger partial charge is 0.490 e. The van der Waals surface area contributed by atoms with Gasteiger partial charge in [-0.05, 0) is 29.0 Å². The highest BCUT2D eigenvalue weighted by atomic mass is 79.9. The monoisotopic (exact) mass is 361 g/mol. The molecule has 0 fully saturated rings. The van der Waals surface area contributed by atoms with Gasteiger partial charge in [-0.15, -0.1) is 0 Å². The lowest BCUT2D eigenvalue weighted by atomic mass is 10.2. The van der Waals surface area contributed by atoms with Gasteiger partial charge in [-0.3, -0.25) is 0 Å². The first kappa shape index (κ1) is 18.4. The van der Waals surface area contributed by atoms with Gasteiger partial charge in [-0.25, -0.2) is 0 Å². The number of methoxy groups -OCH3 is 1. The first-order valence-corrected chi connectivity index (χ1v) is 7.78. The summed E-state index contributed by atoms with van der Waals surface area (Å²) in [5.41, 5.74) is 1.12. The number of nitrogens with one attached hydrogen (secondary N) is 1. The zero-order chi connectivity index (χ0) is 15.3. The molecule has 0 heterocycles. The minimum absolute atomic E-state index is 0.511. The Morgan fingerprint density at radius 3 is 2.33 bits per heavy atom. The SMILES string of the molecule is CNCc1cccc(Br)c1OCCOCCOCCOC. The van der Waals surface area contributed by atoms with E-state index in [1.165, 1.54) is 0 Å². The first-order valence-electron chi connectivity index (χ1n) is 6.98. The smallest absolute Gasteiger partial charge is 0.138 e. The normalized spacial score (nSPS) is 10.8. The molecule has 1 aromatic rings. The second-order valence-electron chi connectivity index (χ2n) is 4.32. The molecule has 1 rings (SSSR count). The molecule has 0 unspecified atom stereocenters. The van der Waals surface area contributed by atoms with E-state index < -0.39 is 0 Å². The van der Waals surface area contributed by atoms with Gasteiger partial charge in [-0.2, -0.15) is 0 Å². The molecule has 0 bridgehead atoms. The lowest BCUT2D eigenvalue weighted by molar-refractivity contribution is 0.0178. The zero-order valence-electron chi connectivity index (χ0n) is 12.7. The summed E-state index contributed by atoms with van der Waals surface area (Å²) in [6.45, 7) is 4.16. The lowest BCUT2D eigenvalue weighted by Gasteiger charge is -2.13. The van der Waals surface area contributed by atoms with Crippen LogP contribution < -0.4 is 10.1 Å². The Hall–Kier alpha value is -0.660. The molecule has 0 saturated heterocycles. The van der Waals surface area contributed by atoms with E-state index in [9.17, 15) is 0 Å². The van der Waals surface area contributed by atoms with Gasteiger partial charge in [0.15, 0.2) is 0 Å². The first-order chi connectivity index (χ1) is 10.3. The molecule has 21 heavy (non-hydrogen) atoms. The highest BCUT2D eigenvalue weighted by Crippen LogP contribution is 2.28. The molecule has 0 spiro atoms. The van der Waals surface area contributed by atoms with Gasteiger partial charge in [0.1, 0.15) is 12.4 Å². The summed E-state index contributed by atoms with van der Waals surface area (Å²) < 4.78 is 22.4. The molecule has 0 aliphatic carbocycles. The number of rotatable bonds is 12. The maximum Gasteiger partial charge on any atom is 0.138 e. The zero-order valence-corrected chi connectivity index (χ0v) is 14.3. The molecule has 0 amide bonds. The van der Waals surface area contributed by atoms with Crippen molar-refractivity contribution in [3.05, 3.63) is 28.2 Å². The molecule has 1 N–H and O–H groups in total. The lowest BCUT2D eigenvalue weighted by Crippen LogP contribution is -2.14. The van der Waals surface area contributed by atoms with Gasteiger partial charge >= 0.3 is 0 Å². The van der Waals surface area contributed by atoms with Gasteiger partial charge in [0.05, 0.1) is 37.5 Å². The molecule has 1 aromatic carbocycles. The van der Waals surface area contributed by atoms with Crippen LogP contribution in [0.3, 0.4) is 0 Å². The predicted molar refractivity (Wildman–Crippen MR) is 85.9 cm³/mol. The topological polar surface area (TPSA) is 49.0 Å². The van der Waals surface area contributed by atoms with Gasteiger partial charge < -0.3 is 24.3 Å². The molecule has 0 aromatic heterocycles. The number of ether oxygens (including phenoxy) is 4. The van der Waals surface area contributed by atoms with Crippen LogP contribution in [0.15, 0.2) is 22.7 Å². The van der Waals surface area contributed by atoms with Crippen LogP contribution in [-0.2, 0) is 20.8 Å². The third-order valence-electron chi connectivity index (χ3n) is 2.69. The Kier molecular flexibility index (Phi) is 10.5. The second-order valence-corrected chi connectivity index (χ2v) is 5.18. The van der Waals surface area contributed by atoms with Crippen LogP contribution in [0.1, 0.15) is 5.56 Å². The molecule has 6 heteroatoms. The fourth-order valence-electron chi connectivity index (χ4n) is 1.71. The van der Waals surface area contributed by atoms with E-state index in [0.717, 1.165) is 22.3 Å². The van der Waals surface area contributed by atoms with Crippen molar-refractivity contribution >= 4 is 15.9 Å². The van der Waals surface area contributed by atoms with E-state index in [-0.39, 0.29) is 0 Å². The van der Waals surface area contributed by atoms with Crippen molar-refractivity contribution in [2.75, 3.05) is 53.8 Å². The van der Waals surface area contributed by atoms with Crippen molar-refractivity contribution in [3.8, 4) is 5.75 Å². The molecule has 0 saturated carbocycles. The summed E-state index contributed by atoms with van der Waals surface area (Å²) in [6, 6.07) is 6.01. The number of hydrogen-bond acceptors (Lipinski definition) is 5. The van der Waals surface area contributed by atoms with Crippen molar-refractivity contribution in [2.45, 2.75) is 6.54 Å². The summed E-state index contributed by atoms with van der Waals surface area (Å²) in [5.74, 6) is 0.867. The van der Waals surface area contributed by atoms with Crippen molar-refractivity contribution < 1.29 is 18.9 Å². The summed E-state index contributed by atoms with van der Waals surface area (Å²) in [6.07, 6.45) is 0. The summed E-state index contributed by atoms with van der Waals surface area (Å²) >= 11 is 3.51. The second kappa shape index (κ2) is 11.9. The minimum Gasteiger partial charge on any atom is -0.490 e. The Balaban J connectivity index is 2.18. The summed E-state index contributed by atoms with van der Waals surface area (Å²) in [7, 11) is 3.57. The average Bonchev–Trinajstić information content (AvgIpc) is 2.48. The molecule has 5 nitrogen and oxygen atoms in total. The molecule has 0 aliphatic rings.